The fourth-order valence-corrected chi connectivity index (χ4v) is 1.87. The van der Waals surface area contributed by atoms with E-state index in [4.69, 9.17) is 0 Å². The molecule has 1 aromatic rings. The standard InChI is InChI=1S/C13H16F5N/c1-2-19-11(5-6-13(16,17)18)8-9-7-10(14)3-4-12(9)15/h3-4,7,11,19H,2,5-6,8H2,1H3. The molecule has 1 rings (SSSR count). The highest BCUT2D eigenvalue weighted by molar-refractivity contribution is 5.19. The SMILES string of the molecule is CCNC(CCC(F)(F)F)Cc1cc(F)ccc1F. The number of alkyl halides is 3. The molecule has 0 heterocycles. The third-order valence-electron chi connectivity index (χ3n) is 2.74. The molecule has 0 saturated heterocycles. The van der Waals surface area contributed by atoms with Crippen LogP contribution in [0.15, 0.2) is 18.2 Å². The van der Waals surface area contributed by atoms with Gasteiger partial charge in [-0.3, -0.25) is 0 Å². The number of likely N-dealkylation sites (N-methyl/N-ethyl adjacent to an activating group) is 1. The maximum Gasteiger partial charge on any atom is 0.389 e. The van der Waals surface area contributed by atoms with Gasteiger partial charge in [0, 0.05) is 12.5 Å². The molecule has 6 heteroatoms. The third kappa shape index (κ3) is 6.00. The fourth-order valence-electron chi connectivity index (χ4n) is 1.87. The van der Waals surface area contributed by atoms with E-state index in [9.17, 15) is 22.0 Å². The summed E-state index contributed by atoms with van der Waals surface area (Å²) in [5.41, 5.74) is 0.0909. The molecule has 1 unspecified atom stereocenters. The maximum atomic E-state index is 13.4. The average Bonchev–Trinajstić information content (AvgIpc) is 2.30. The lowest BCUT2D eigenvalue weighted by Crippen LogP contribution is -2.32. The van der Waals surface area contributed by atoms with Crippen LogP contribution >= 0.6 is 0 Å². The molecule has 0 aromatic heterocycles. The number of nitrogens with one attached hydrogen (secondary N) is 1. The summed E-state index contributed by atoms with van der Waals surface area (Å²) in [4.78, 5) is 0. The number of halogens is 5. The van der Waals surface area contributed by atoms with Gasteiger partial charge in [0.25, 0.3) is 0 Å². The fraction of sp³-hybridized carbons (Fsp3) is 0.538. The number of rotatable bonds is 6. The lowest BCUT2D eigenvalue weighted by molar-refractivity contribution is -0.136. The van der Waals surface area contributed by atoms with Crippen LogP contribution in [0.5, 0.6) is 0 Å². The molecule has 108 valence electrons. The first-order chi connectivity index (χ1) is 8.81. The van der Waals surface area contributed by atoms with Gasteiger partial charge in [0.05, 0.1) is 0 Å². The summed E-state index contributed by atoms with van der Waals surface area (Å²) in [6.07, 6.45) is -5.31. The third-order valence-corrected chi connectivity index (χ3v) is 2.74. The Morgan fingerprint density at radius 3 is 2.47 bits per heavy atom. The average molecular weight is 281 g/mol. The lowest BCUT2D eigenvalue weighted by Gasteiger charge is -2.19. The minimum atomic E-state index is -4.24. The highest BCUT2D eigenvalue weighted by Gasteiger charge is 2.28. The number of benzene rings is 1. The van der Waals surface area contributed by atoms with Crippen LogP contribution in [-0.2, 0) is 6.42 Å². The first-order valence-electron chi connectivity index (χ1n) is 6.06. The largest absolute Gasteiger partial charge is 0.389 e. The minimum absolute atomic E-state index is 0.0352. The summed E-state index contributed by atoms with van der Waals surface area (Å²) in [5, 5.41) is 2.86. The van der Waals surface area contributed by atoms with E-state index in [1.807, 2.05) is 0 Å². The Morgan fingerprint density at radius 2 is 1.89 bits per heavy atom. The molecule has 0 aliphatic rings. The topological polar surface area (TPSA) is 12.0 Å². The summed E-state index contributed by atoms with van der Waals surface area (Å²) in [6.45, 7) is 2.22. The van der Waals surface area contributed by atoms with Gasteiger partial charge in [-0.05, 0) is 43.1 Å². The Morgan fingerprint density at radius 1 is 1.21 bits per heavy atom. The van der Waals surface area contributed by atoms with Crippen LogP contribution in [-0.4, -0.2) is 18.8 Å². The summed E-state index contributed by atoms with van der Waals surface area (Å²) in [7, 11) is 0. The summed E-state index contributed by atoms with van der Waals surface area (Å²) < 4.78 is 62.9. The summed E-state index contributed by atoms with van der Waals surface area (Å²) in [5.74, 6) is -1.20. The van der Waals surface area contributed by atoms with E-state index >= 15 is 0 Å². The Labute approximate surface area is 108 Å². The number of hydrogen-bond donors (Lipinski definition) is 1. The van der Waals surface area contributed by atoms with E-state index in [-0.39, 0.29) is 18.4 Å². The monoisotopic (exact) mass is 281 g/mol. The van der Waals surface area contributed by atoms with Crippen molar-refractivity contribution in [3.05, 3.63) is 35.4 Å². The molecule has 1 nitrogen and oxygen atoms in total. The van der Waals surface area contributed by atoms with Gasteiger partial charge in [-0.2, -0.15) is 13.2 Å². The second-order valence-corrected chi connectivity index (χ2v) is 4.35. The second-order valence-electron chi connectivity index (χ2n) is 4.35. The normalized spacial score (nSPS) is 13.6. The van der Waals surface area contributed by atoms with Gasteiger partial charge in [0.15, 0.2) is 0 Å². The van der Waals surface area contributed by atoms with Crippen molar-refractivity contribution < 1.29 is 22.0 Å². The lowest BCUT2D eigenvalue weighted by atomic mass is 10.0. The minimum Gasteiger partial charge on any atom is -0.314 e. The zero-order chi connectivity index (χ0) is 14.5. The van der Waals surface area contributed by atoms with Crippen molar-refractivity contribution in [3.8, 4) is 0 Å². The van der Waals surface area contributed by atoms with Crippen molar-refractivity contribution in [3.63, 3.8) is 0 Å². The van der Waals surface area contributed by atoms with E-state index in [1.165, 1.54) is 0 Å². The van der Waals surface area contributed by atoms with E-state index in [0.717, 1.165) is 18.2 Å². The molecule has 0 aliphatic carbocycles. The molecule has 1 atom stereocenters. The van der Waals surface area contributed by atoms with Crippen molar-refractivity contribution >= 4 is 0 Å². The van der Waals surface area contributed by atoms with Crippen LogP contribution in [0.3, 0.4) is 0 Å². The zero-order valence-electron chi connectivity index (χ0n) is 10.5. The predicted molar refractivity (Wildman–Crippen MR) is 62.8 cm³/mol. The first-order valence-corrected chi connectivity index (χ1v) is 6.06. The Hall–Kier alpha value is -1.17. The highest BCUT2D eigenvalue weighted by Crippen LogP contribution is 2.23. The molecule has 1 aromatic carbocycles. The first kappa shape index (κ1) is 15.9. The van der Waals surface area contributed by atoms with Crippen molar-refractivity contribution in [2.75, 3.05) is 6.54 Å². The molecule has 0 bridgehead atoms. The van der Waals surface area contributed by atoms with Crippen LogP contribution in [0.1, 0.15) is 25.3 Å². The van der Waals surface area contributed by atoms with Crippen molar-refractivity contribution in [1.29, 1.82) is 0 Å². The van der Waals surface area contributed by atoms with Gasteiger partial charge in [-0.1, -0.05) is 6.92 Å². The van der Waals surface area contributed by atoms with Crippen LogP contribution in [0.25, 0.3) is 0 Å². The van der Waals surface area contributed by atoms with Crippen molar-refractivity contribution in [1.82, 2.24) is 5.32 Å². The summed E-state index contributed by atoms with van der Waals surface area (Å²) >= 11 is 0. The quantitative estimate of drug-likeness (QED) is 0.781. The van der Waals surface area contributed by atoms with Crippen LogP contribution in [0.2, 0.25) is 0 Å². The van der Waals surface area contributed by atoms with Crippen LogP contribution < -0.4 is 5.32 Å². The molecule has 0 radical (unpaired) electrons. The predicted octanol–water partition coefficient (Wildman–Crippen LogP) is 3.83. The summed E-state index contributed by atoms with van der Waals surface area (Å²) in [6, 6.07) is 2.46. The van der Waals surface area contributed by atoms with Gasteiger partial charge in [0.1, 0.15) is 11.6 Å². The van der Waals surface area contributed by atoms with E-state index < -0.39 is 30.3 Å². The van der Waals surface area contributed by atoms with E-state index in [2.05, 4.69) is 5.32 Å². The smallest absolute Gasteiger partial charge is 0.314 e. The molecular formula is C13H16F5N. The second kappa shape index (κ2) is 6.84. The molecule has 1 N–H and O–H groups in total. The molecule has 0 aliphatic heterocycles. The maximum absolute atomic E-state index is 13.4. The Balaban J connectivity index is 2.69. The van der Waals surface area contributed by atoms with Crippen LogP contribution in [0, 0.1) is 11.6 Å². The zero-order valence-corrected chi connectivity index (χ0v) is 10.5. The van der Waals surface area contributed by atoms with Gasteiger partial charge >= 0.3 is 6.18 Å². The molecular weight excluding hydrogens is 265 g/mol. The van der Waals surface area contributed by atoms with E-state index in [0.29, 0.717) is 6.54 Å². The molecule has 0 spiro atoms. The molecule has 0 amide bonds. The molecule has 0 fully saturated rings. The van der Waals surface area contributed by atoms with Gasteiger partial charge in [-0.25, -0.2) is 8.78 Å². The van der Waals surface area contributed by atoms with Gasteiger partial charge in [0.2, 0.25) is 0 Å². The molecule has 0 saturated carbocycles. The van der Waals surface area contributed by atoms with Crippen LogP contribution in [0.4, 0.5) is 22.0 Å². The van der Waals surface area contributed by atoms with E-state index in [1.54, 1.807) is 6.92 Å². The van der Waals surface area contributed by atoms with Crippen molar-refractivity contribution in [2.24, 2.45) is 0 Å². The van der Waals surface area contributed by atoms with Crippen molar-refractivity contribution in [2.45, 2.75) is 38.4 Å². The van der Waals surface area contributed by atoms with Gasteiger partial charge in [-0.15, -0.1) is 0 Å². The highest BCUT2D eigenvalue weighted by atomic mass is 19.4. The van der Waals surface area contributed by atoms with Gasteiger partial charge < -0.3 is 5.32 Å². The number of hydrogen-bond acceptors (Lipinski definition) is 1. The Kier molecular flexibility index (Phi) is 5.72. The Bertz CT molecular complexity index is 403. The molecule has 19 heavy (non-hydrogen) atoms.